The van der Waals surface area contributed by atoms with Crippen LogP contribution in [0.25, 0.3) is 0 Å². The summed E-state index contributed by atoms with van der Waals surface area (Å²) in [6.45, 7) is 5.01. The van der Waals surface area contributed by atoms with E-state index in [9.17, 15) is 16.8 Å². The van der Waals surface area contributed by atoms with Crippen molar-refractivity contribution in [3.8, 4) is 0 Å². The van der Waals surface area contributed by atoms with Crippen molar-refractivity contribution in [2.24, 2.45) is 5.73 Å². The third kappa shape index (κ3) is 4.04. The smallest absolute Gasteiger partial charge is 0.179 e. The predicted molar refractivity (Wildman–Crippen MR) is 79.9 cm³/mol. The van der Waals surface area contributed by atoms with Crippen LogP contribution in [0.2, 0.25) is 0 Å². The Morgan fingerprint density at radius 2 is 1.45 bits per heavy atom. The van der Waals surface area contributed by atoms with E-state index >= 15 is 0 Å². The molecule has 1 aromatic rings. The fourth-order valence-electron chi connectivity index (χ4n) is 1.48. The lowest BCUT2D eigenvalue weighted by atomic mass is 10.2. The van der Waals surface area contributed by atoms with Gasteiger partial charge in [-0.05, 0) is 38.5 Å². The van der Waals surface area contributed by atoms with Crippen LogP contribution in [0.5, 0.6) is 0 Å². The number of rotatable bonds is 5. The number of hydrogen-bond acceptors (Lipinski definition) is 5. The van der Waals surface area contributed by atoms with Gasteiger partial charge in [-0.3, -0.25) is 0 Å². The summed E-state index contributed by atoms with van der Waals surface area (Å²) in [4.78, 5) is 0.124. The molecular weight excluding hydrogens is 298 g/mol. The molecule has 0 saturated carbocycles. The van der Waals surface area contributed by atoms with Gasteiger partial charge >= 0.3 is 0 Å². The molecule has 0 unspecified atom stereocenters. The second kappa shape index (κ2) is 5.83. The first-order valence-electron chi connectivity index (χ1n) is 6.24. The molecule has 5 nitrogen and oxygen atoms in total. The van der Waals surface area contributed by atoms with E-state index < -0.39 is 30.2 Å². The Bertz CT molecular complexity index is 653. The summed E-state index contributed by atoms with van der Waals surface area (Å²) in [5.74, 6) is -0.786. The van der Waals surface area contributed by atoms with Gasteiger partial charge in [0.1, 0.15) is 0 Å². The van der Waals surface area contributed by atoms with Crippen molar-refractivity contribution in [2.75, 3.05) is 11.5 Å². The molecule has 1 rings (SSSR count). The summed E-state index contributed by atoms with van der Waals surface area (Å²) in [6.07, 6.45) is 0. The highest BCUT2D eigenvalue weighted by Gasteiger charge is 2.30. The van der Waals surface area contributed by atoms with E-state index in [0.717, 1.165) is 5.56 Å². The molecule has 0 atom stereocenters. The summed E-state index contributed by atoms with van der Waals surface area (Å²) in [6, 6.07) is 6.18. The predicted octanol–water partition coefficient (Wildman–Crippen LogP) is 1.13. The fraction of sp³-hybridized carbons (Fsp3) is 0.538. The standard InChI is InChI=1S/C13H21NO4S2/c1-13(2,3)20(17,18)9-8-19(15,16)12-6-4-11(10-14)5-7-12/h4-7H,8-10,14H2,1-3H3. The van der Waals surface area contributed by atoms with Gasteiger partial charge in [-0.1, -0.05) is 12.1 Å². The molecule has 0 spiro atoms. The van der Waals surface area contributed by atoms with Crippen LogP contribution in [-0.2, 0) is 26.2 Å². The van der Waals surface area contributed by atoms with Crippen LogP contribution in [-0.4, -0.2) is 33.1 Å². The lowest BCUT2D eigenvalue weighted by Crippen LogP contribution is -2.33. The number of benzene rings is 1. The van der Waals surface area contributed by atoms with Gasteiger partial charge in [0, 0.05) is 6.54 Å². The molecule has 0 amide bonds. The van der Waals surface area contributed by atoms with Crippen molar-refractivity contribution in [1.29, 1.82) is 0 Å². The van der Waals surface area contributed by atoms with Crippen molar-refractivity contribution in [3.05, 3.63) is 29.8 Å². The van der Waals surface area contributed by atoms with Crippen LogP contribution in [0, 0.1) is 0 Å². The van der Waals surface area contributed by atoms with E-state index in [-0.39, 0.29) is 10.6 Å². The first kappa shape index (κ1) is 17.1. The molecule has 0 radical (unpaired) electrons. The largest absolute Gasteiger partial charge is 0.326 e. The Hall–Kier alpha value is -0.920. The summed E-state index contributed by atoms with van der Waals surface area (Å²) in [5.41, 5.74) is 6.27. The Labute approximate surface area is 121 Å². The lowest BCUT2D eigenvalue weighted by molar-refractivity contribution is 0.559. The van der Waals surface area contributed by atoms with Crippen molar-refractivity contribution < 1.29 is 16.8 Å². The quantitative estimate of drug-likeness (QED) is 0.878. The zero-order valence-electron chi connectivity index (χ0n) is 12.0. The zero-order valence-corrected chi connectivity index (χ0v) is 13.6. The third-order valence-electron chi connectivity index (χ3n) is 3.07. The Morgan fingerprint density at radius 3 is 1.85 bits per heavy atom. The number of nitrogens with two attached hydrogens (primary N) is 1. The molecule has 0 heterocycles. The van der Waals surface area contributed by atoms with Crippen LogP contribution in [0.15, 0.2) is 29.2 Å². The maximum atomic E-state index is 12.1. The monoisotopic (exact) mass is 319 g/mol. The molecule has 0 aliphatic carbocycles. The average molecular weight is 319 g/mol. The molecule has 0 aromatic heterocycles. The maximum Gasteiger partial charge on any atom is 0.179 e. The van der Waals surface area contributed by atoms with Gasteiger partial charge in [-0.15, -0.1) is 0 Å². The lowest BCUT2D eigenvalue weighted by Gasteiger charge is -2.18. The molecular formula is C13H21NO4S2. The minimum atomic E-state index is -3.60. The van der Waals surface area contributed by atoms with E-state index in [0.29, 0.717) is 6.54 Å². The van der Waals surface area contributed by atoms with Crippen molar-refractivity contribution >= 4 is 19.7 Å². The number of hydrogen-bond donors (Lipinski definition) is 1. The highest BCUT2D eigenvalue weighted by Crippen LogP contribution is 2.18. The van der Waals surface area contributed by atoms with E-state index in [4.69, 9.17) is 5.73 Å². The molecule has 0 aliphatic rings. The van der Waals surface area contributed by atoms with Crippen LogP contribution >= 0.6 is 0 Å². The van der Waals surface area contributed by atoms with Gasteiger partial charge in [0.2, 0.25) is 0 Å². The van der Waals surface area contributed by atoms with Crippen LogP contribution < -0.4 is 5.73 Å². The third-order valence-corrected chi connectivity index (χ3v) is 7.67. The van der Waals surface area contributed by atoms with Crippen molar-refractivity contribution in [2.45, 2.75) is 37.0 Å². The van der Waals surface area contributed by atoms with Crippen molar-refractivity contribution in [1.82, 2.24) is 0 Å². The molecule has 114 valence electrons. The van der Waals surface area contributed by atoms with Gasteiger partial charge in [0.05, 0.1) is 21.1 Å². The first-order valence-corrected chi connectivity index (χ1v) is 9.54. The molecule has 2 N–H and O–H groups in total. The average Bonchev–Trinajstić information content (AvgIpc) is 2.35. The van der Waals surface area contributed by atoms with E-state index in [1.54, 1.807) is 32.9 Å². The molecule has 20 heavy (non-hydrogen) atoms. The first-order chi connectivity index (χ1) is 8.99. The molecule has 7 heteroatoms. The molecule has 0 bridgehead atoms. The van der Waals surface area contributed by atoms with E-state index in [1.807, 2.05) is 0 Å². The summed E-state index contributed by atoms with van der Waals surface area (Å²) < 4.78 is 47.2. The van der Waals surface area contributed by atoms with Gasteiger partial charge < -0.3 is 5.73 Å². The van der Waals surface area contributed by atoms with Crippen LogP contribution in [0.3, 0.4) is 0 Å². The zero-order chi connectivity index (χ0) is 15.6. The van der Waals surface area contributed by atoms with Gasteiger partial charge in [0.25, 0.3) is 0 Å². The topological polar surface area (TPSA) is 94.3 Å². The van der Waals surface area contributed by atoms with E-state index in [2.05, 4.69) is 0 Å². The number of sulfone groups is 2. The van der Waals surface area contributed by atoms with Gasteiger partial charge in [-0.2, -0.15) is 0 Å². The molecule has 0 aliphatic heterocycles. The Kier molecular flexibility index (Phi) is 4.99. The van der Waals surface area contributed by atoms with E-state index in [1.165, 1.54) is 12.1 Å². The summed E-state index contributed by atoms with van der Waals surface area (Å²) >= 11 is 0. The minimum Gasteiger partial charge on any atom is -0.326 e. The molecule has 1 aromatic carbocycles. The fourth-order valence-corrected chi connectivity index (χ4v) is 4.63. The maximum absolute atomic E-state index is 12.1. The normalized spacial score (nSPS) is 13.4. The summed E-state index contributed by atoms with van der Waals surface area (Å²) in [7, 11) is -7.05. The SMILES string of the molecule is CC(C)(C)S(=O)(=O)CCS(=O)(=O)c1ccc(CN)cc1. The van der Waals surface area contributed by atoms with Crippen LogP contribution in [0.4, 0.5) is 0 Å². The second-order valence-electron chi connectivity index (χ2n) is 5.60. The van der Waals surface area contributed by atoms with Gasteiger partial charge in [-0.25, -0.2) is 16.8 Å². The summed E-state index contributed by atoms with van der Waals surface area (Å²) in [5, 5.41) is 0. The Morgan fingerprint density at radius 1 is 0.950 bits per heavy atom. The van der Waals surface area contributed by atoms with Crippen LogP contribution in [0.1, 0.15) is 26.3 Å². The minimum absolute atomic E-state index is 0.124. The second-order valence-corrected chi connectivity index (χ2v) is 10.6. The van der Waals surface area contributed by atoms with Gasteiger partial charge in [0.15, 0.2) is 19.7 Å². The highest BCUT2D eigenvalue weighted by molar-refractivity contribution is 7.95. The molecule has 0 fully saturated rings. The highest BCUT2D eigenvalue weighted by atomic mass is 32.2. The Balaban J connectivity index is 2.91. The molecule has 0 saturated heterocycles. The van der Waals surface area contributed by atoms with Crippen molar-refractivity contribution in [3.63, 3.8) is 0 Å².